The van der Waals surface area contributed by atoms with E-state index in [0.29, 0.717) is 12.4 Å². The summed E-state index contributed by atoms with van der Waals surface area (Å²) in [4.78, 5) is 4.68. The number of rotatable bonds is 4. The summed E-state index contributed by atoms with van der Waals surface area (Å²) in [6, 6.07) is 14.0. The van der Waals surface area contributed by atoms with Crippen molar-refractivity contribution in [2.24, 2.45) is 0 Å². The Bertz CT molecular complexity index is 927. The summed E-state index contributed by atoms with van der Waals surface area (Å²) in [6.07, 6.45) is 0. The average Bonchev–Trinajstić information content (AvgIpc) is 3.21. The van der Waals surface area contributed by atoms with E-state index in [1.807, 2.05) is 49.4 Å². The van der Waals surface area contributed by atoms with E-state index in [-0.39, 0.29) is 0 Å². The maximum Gasteiger partial charge on any atom is 0.193 e. The van der Waals surface area contributed by atoms with Crippen molar-refractivity contribution in [3.05, 3.63) is 54.0 Å². The predicted molar refractivity (Wildman–Crippen MR) is 84.7 cm³/mol. The molecular formula is C15H14N8. The van der Waals surface area contributed by atoms with E-state index in [1.54, 1.807) is 4.52 Å². The minimum absolute atomic E-state index is 0.447. The lowest BCUT2D eigenvalue weighted by atomic mass is 10.1. The van der Waals surface area contributed by atoms with Crippen molar-refractivity contribution in [3.8, 4) is 11.3 Å². The first-order chi connectivity index (χ1) is 11.3. The molecular weight excluding hydrogens is 292 g/mol. The van der Waals surface area contributed by atoms with Gasteiger partial charge in [0, 0.05) is 17.7 Å². The number of anilines is 1. The van der Waals surface area contributed by atoms with Crippen LogP contribution >= 0.6 is 0 Å². The van der Waals surface area contributed by atoms with Gasteiger partial charge in [0.15, 0.2) is 11.5 Å². The second kappa shape index (κ2) is 5.48. The quantitative estimate of drug-likeness (QED) is 0.597. The smallest absolute Gasteiger partial charge is 0.193 e. The van der Waals surface area contributed by atoms with Crippen LogP contribution in [0.3, 0.4) is 0 Å². The van der Waals surface area contributed by atoms with Crippen molar-refractivity contribution in [1.82, 2.24) is 35.2 Å². The van der Waals surface area contributed by atoms with Gasteiger partial charge in [-0.15, -0.1) is 10.2 Å². The summed E-state index contributed by atoms with van der Waals surface area (Å²) < 4.78 is 1.78. The maximum atomic E-state index is 4.68. The van der Waals surface area contributed by atoms with Gasteiger partial charge in [-0.1, -0.05) is 35.5 Å². The minimum atomic E-state index is 0.447. The number of aryl methyl sites for hydroxylation is 1. The number of nitrogens with one attached hydrogen (secondary N) is 2. The van der Waals surface area contributed by atoms with Gasteiger partial charge in [0.2, 0.25) is 0 Å². The lowest BCUT2D eigenvalue weighted by Gasteiger charge is -2.09. The lowest BCUT2D eigenvalue weighted by molar-refractivity contribution is 0.881. The van der Waals surface area contributed by atoms with Gasteiger partial charge in [0.1, 0.15) is 5.82 Å². The van der Waals surface area contributed by atoms with Crippen LogP contribution in [0.25, 0.3) is 16.9 Å². The molecule has 8 heteroatoms. The first kappa shape index (κ1) is 13.4. The molecule has 3 heterocycles. The second-order valence-corrected chi connectivity index (χ2v) is 5.13. The molecule has 0 saturated carbocycles. The molecule has 23 heavy (non-hydrogen) atoms. The molecule has 0 saturated heterocycles. The average molecular weight is 306 g/mol. The summed E-state index contributed by atoms with van der Waals surface area (Å²) in [5.41, 5.74) is 3.63. The van der Waals surface area contributed by atoms with Crippen LogP contribution in [0.2, 0.25) is 0 Å². The third kappa shape index (κ3) is 2.61. The molecule has 0 aliphatic carbocycles. The Hall–Kier alpha value is -3.29. The molecule has 1 aromatic carbocycles. The van der Waals surface area contributed by atoms with E-state index in [9.17, 15) is 0 Å². The van der Waals surface area contributed by atoms with Gasteiger partial charge in [-0.3, -0.25) is 0 Å². The third-order valence-corrected chi connectivity index (χ3v) is 3.44. The first-order valence-corrected chi connectivity index (χ1v) is 7.18. The van der Waals surface area contributed by atoms with Crippen LogP contribution in [0, 0.1) is 6.92 Å². The van der Waals surface area contributed by atoms with Crippen molar-refractivity contribution in [3.63, 3.8) is 0 Å². The Balaban J connectivity index is 1.77. The van der Waals surface area contributed by atoms with E-state index in [0.717, 1.165) is 28.4 Å². The molecule has 0 bridgehead atoms. The van der Waals surface area contributed by atoms with Crippen molar-refractivity contribution >= 4 is 11.5 Å². The second-order valence-electron chi connectivity index (χ2n) is 5.13. The van der Waals surface area contributed by atoms with Crippen LogP contribution in [-0.4, -0.2) is 35.2 Å². The number of aromatic amines is 1. The van der Waals surface area contributed by atoms with Crippen LogP contribution in [0.1, 0.15) is 11.5 Å². The van der Waals surface area contributed by atoms with E-state index in [2.05, 4.69) is 36.0 Å². The molecule has 0 amide bonds. The normalized spacial score (nSPS) is 11.0. The number of tetrazole rings is 1. The summed E-state index contributed by atoms with van der Waals surface area (Å²) in [5.74, 6) is 1.41. The van der Waals surface area contributed by atoms with Crippen LogP contribution in [0.15, 0.2) is 42.5 Å². The van der Waals surface area contributed by atoms with Gasteiger partial charge < -0.3 is 5.32 Å². The van der Waals surface area contributed by atoms with Crippen LogP contribution in [0.5, 0.6) is 0 Å². The van der Waals surface area contributed by atoms with E-state index < -0.39 is 0 Å². The molecule has 0 atom stereocenters. The molecule has 0 radical (unpaired) electrons. The zero-order valence-electron chi connectivity index (χ0n) is 12.4. The highest BCUT2D eigenvalue weighted by Gasteiger charge is 2.10. The fraction of sp³-hybridized carbons (Fsp3) is 0.133. The zero-order valence-corrected chi connectivity index (χ0v) is 12.4. The molecule has 2 N–H and O–H groups in total. The number of hydrogen-bond donors (Lipinski definition) is 2. The highest BCUT2D eigenvalue weighted by atomic mass is 15.5. The van der Waals surface area contributed by atoms with Crippen molar-refractivity contribution < 1.29 is 0 Å². The highest BCUT2D eigenvalue weighted by Crippen LogP contribution is 2.22. The highest BCUT2D eigenvalue weighted by molar-refractivity contribution is 5.66. The zero-order chi connectivity index (χ0) is 15.6. The molecule has 0 fully saturated rings. The van der Waals surface area contributed by atoms with Crippen LogP contribution in [0.4, 0.5) is 5.82 Å². The van der Waals surface area contributed by atoms with Crippen molar-refractivity contribution in [2.45, 2.75) is 13.5 Å². The fourth-order valence-electron chi connectivity index (χ4n) is 2.40. The Labute approximate surface area is 131 Å². The largest absolute Gasteiger partial charge is 0.362 e. The predicted octanol–water partition coefficient (Wildman–Crippen LogP) is 1.83. The Morgan fingerprint density at radius 2 is 2.04 bits per heavy atom. The number of hydrogen-bond acceptors (Lipinski definition) is 6. The molecule has 3 aromatic heterocycles. The molecule has 0 unspecified atom stereocenters. The Morgan fingerprint density at radius 3 is 2.83 bits per heavy atom. The summed E-state index contributed by atoms with van der Waals surface area (Å²) in [7, 11) is 0. The van der Waals surface area contributed by atoms with E-state index in [4.69, 9.17) is 0 Å². The molecule has 4 aromatic rings. The van der Waals surface area contributed by atoms with Gasteiger partial charge in [-0.2, -0.15) is 14.8 Å². The Morgan fingerprint density at radius 1 is 1.17 bits per heavy atom. The van der Waals surface area contributed by atoms with Crippen molar-refractivity contribution in [1.29, 1.82) is 0 Å². The first-order valence-electron chi connectivity index (χ1n) is 7.18. The monoisotopic (exact) mass is 306 g/mol. The standard InChI is InChI=1S/C15H14N8/c1-10-7-15-17-12(11-5-3-2-4-6-11)8-14(23(15)20-10)16-9-13-18-21-22-19-13/h2-8,16H,9H2,1H3,(H,18,19,21,22). The van der Waals surface area contributed by atoms with Crippen LogP contribution in [-0.2, 0) is 6.54 Å². The minimum Gasteiger partial charge on any atom is -0.362 e. The topological polar surface area (TPSA) is 96.7 Å². The summed E-state index contributed by atoms with van der Waals surface area (Å²) in [5, 5.41) is 21.6. The molecule has 4 rings (SSSR count). The molecule has 0 aliphatic rings. The number of nitrogens with zero attached hydrogens (tertiary/aromatic N) is 6. The molecule has 114 valence electrons. The molecule has 0 spiro atoms. The fourth-order valence-corrected chi connectivity index (χ4v) is 2.40. The summed E-state index contributed by atoms with van der Waals surface area (Å²) in [6.45, 7) is 2.39. The van der Waals surface area contributed by atoms with Gasteiger partial charge in [0.05, 0.1) is 17.9 Å². The van der Waals surface area contributed by atoms with Crippen LogP contribution < -0.4 is 5.32 Å². The number of aromatic nitrogens is 7. The molecule has 0 aliphatic heterocycles. The van der Waals surface area contributed by atoms with Gasteiger partial charge in [0.25, 0.3) is 0 Å². The molecule has 8 nitrogen and oxygen atoms in total. The van der Waals surface area contributed by atoms with E-state index >= 15 is 0 Å². The van der Waals surface area contributed by atoms with E-state index in [1.165, 1.54) is 0 Å². The van der Waals surface area contributed by atoms with Gasteiger partial charge in [-0.05, 0) is 6.92 Å². The Kier molecular flexibility index (Phi) is 3.19. The number of benzene rings is 1. The third-order valence-electron chi connectivity index (χ3n) is 3.44. The van der Waals surface area contributed by atoms with Gasteiger partial charge in [-0.25, -0.2) is 4.98 Å². The van der Waals surface area contributed by atoms with Gasteiger partial charge >= 0.3 is 0 Å². The van der Waals surface area contributed by atoms with Crippen molar-refractivity contribution in [2.75, 3.05) is 5.32 Å². The summed E-state index contributed by atoms with van der Waals surface area (Å²) >= 11 is 0. The SMILES string of the molecule is Cc1cc2nc(-c3ccccc3)cc(NCc3nn[nH]n3)n2n1. The lowest BCUT2D eigenvalue weighted by Crippen LogP contribution is -2.07. The number of fused-ring (bicyclic) bond motifs is 1. The number of H-pyrrole nitrogens is 1. The maximum absolute atomic E-state index is 4.68.